The van der Waals surface area contributed by atoms with Gasteiger partial charge in [-0.25, -0.2) is 4.39 Å². The Hall–Kier alpha value is -2.87. The zero-order chi connectivity index (χ0) is 21.0. The first-order valence-corrected chi connectivity index (χ1v) is 9.08. The van der Waals surface area contributed by atoms with Crippen LogP contribution in [-0.2, 0) is 16.1 Å². The normalized spacial score (nSPS) is 14.4. The second-order valence-corrected chi connectivity index (χ2v) is 6.95. The van der Waals surface area contributed by atoms with Crippen molar-refractivity contribution in [2.45, 2.75) is 32.2 Å². The Labute approximate surface area is 167 Å². The second-order valence-electron chi connectivity index (χ2n) is 6.95. The van der Waals surface area contributed by atoms with Gasteiger partial charge in [-0.3, -0.25) is 4.79 Å². The number of ketones is 1. The van der Waals surface area contributed by atoms with Crippen LogP contribution in [0.4, 0.5) is 4.39 Å². The van der Waals surface area contributed by atoms with Crippen LogP contribution in [0.1, 0.15) is 30.0 Å². The third-order valence-corrected chi connectivity index (χ3v) is 4.82. The fourth-order valence-corrected chi connectivity index (χ4v) is 2.93. The highest BCUT2D eigenvalue weighted by Crippen LogP contribution is 2.31. The van der Waals surface area contributed by atoms with Crippen molar-refractivity contribution in [3.05, 3.63) is 77.4 Å². The Morgan fingerprint density at radius 2 is 1.76 bits per heavy atom. The number of nitrogens with zero attached hydrogens (tertiary/aromatic N) is 1. The Balaban J connectivity index is 1.75. The molecular formula is C22H22FNO5. The number of hydrogen-bond acceptors (Lipinski definition) is 6. The molecule has 0 aliphatic carbocycles. The summed E-state index contributed by atoms with van der Waals surface area (Å²) in [5, 5.41) is 23.7. The second kappa shape index (κ2) is 8.65. The van der Waals surface area contributed by atoms with E-state index < -0.39 is 24.1 Å². The van der Waals surface area contributed by atoms with Crippen LogP contribution in [0.5, 0.6) is 0 Å². The van der Waals surface area contributed by atoms with E-state index in [0.717, 1.165) is 16.7 Å². The van der Waals surface area contributed by atoms with E-state index in [1.807, 2.05) is 24.3 Å². The summed E-state index contributed by atoms with van der Waals surface area (Å²) in [6.07, 6.45) is -1.40. The van der Waals surface area contributed by atoms with Crippen molar-refractivity contribution in [3.63, 3.8) is 0 Å². The summed E-state index contributed by atoms with van der Waals surface area (Å²) in [6, 6.07) is 15.0. The van der Waals surface area contributed by atoms with E-state index in [0.29, 0.717) is 5.76 Å². The lowest BCUT2D eigenvalue weighted by Crippen LogP contribution is -2.46. The molecule has 3 aromatic rings. The quantitative estimate of drug-likeness (QED) is 0.603. The zero-order valence-corrected chi connectivity index (χ0v) is 16.1. The van der Waals surface area contributed by atoms with Crippen molar-refractivity contribution in [2.24, 2.45) is 0 Å². The number of carbonyl (C=O) groups excluding carboxylic acids is 1. The summed E-state index contributed by atoms with van der Waals surface area (Å²) < 4.78 is 23.8. The topological polar surface area (TPSA) is 92.8 Å². The van der Waals surface area contributed by atoms with Crippen LogP contribution in [0.2, 0.25) is 0 Å². The molecule has 2 N–H and O–H groups in total. The van der Waals surface area contributed by atoms with Gasteiger partial charge in [0, 0.05) is 6.07 Å². The van der Waals surface area contributed by atoms with E-state index in [2.05, 4.69) is 5.16 Å². The molecule has 3 rings (SSSR count). The molecular weight excluding hydrogens is 377 g/mol. The maximum absolute atomic E-state index is 13.1. The van der Waals surface area contributed by atoms with E-state index in [1.165, 1.54) is 25.1 Å². The molecule has 0 bridgehead atoms. The number of benzene rings is 2. The molecule has 1 aromatic heterocycles. The smallest absolute Gasteiger partial charge is 0.192 e. The predicted octanol–water partition coefficient (Wildman–Crippen LogP) is 3.36. The maximum atomic E-state index is 13.1. The van der Waals surface area contributed by atoms with Crippen molar-refractivity contribution in [1.82, 2.24) is 5.16 Å². The molecule has 0 radical (unpaired) electrons. The average molecular weight is 399 g/mol. The minimum atomic E-state index is -1.70. The van der Waals surface area contributed by atoms with Gasteiger partial charge in [0.2, 0.25) is 0 Å². The Kier molecular flexibility index (Phi) is 6.22. The van der Waals surface area contributed by atoms with E-state index in [1.54, 1.807) is 19.1 Å². The molecule has 6 nitrogen and oxygen atoms in total. The molecule has 1 heterocycles. The molecule has 152 valence electrons. The van der Waals surface area contributed by atoms with Gasteiger partial charge in [-0.2, -0.15) is 0 Å². The number of ether oxygens (including phenoxy) is 1. The first kappa shape index (κ1) is 20.9. The number of Topliss-reactive ketones (excluding diaryl/α,β-unsaturated/α-hetero) is 1. The number of halogens is 1. The number of aliphatic hydroxyl groups is 2. The van der Waals surface area contributed by atoms with Gasteiger partial charge in [-0.15, -0.1) is 0 Å². The molecule has 0 aliphatic heterocycles. The molecule has 29 heavy (non-hydrogen) atoms. The minimum absolute atomic E-state index is 0.0276. The molecule has 7 heteroatoms. The summed E-state index contributed by atoms with van der Waals surface area (Å²) in [5.41, 5.74) is 0.986. The van der Waals surface area contributed by atoms with Crippen LogP contribution in [0.25, 0.3) is 11.1 Å². The standard InChI is InChI=1S/C22H22FNO5/c1-14-11-19(24-29-14)21(27)22(2,20(26)12-25)28-13-15-3-5-16(6-4-15)17-7-9-18(23)10-8-17/h3-11,21,25,27H,12-13H2,1-2H3/t21-,22+/m0/s1. The summed E-state index contributed by atoms with van der Waals surface area (Å²) in [7, 11) is 0. The number of aromatic nitrogens is 1. The van der Waals surface area contributed by atoms with Gasteiger partial charge >= 0.3 is 0 Å². The monoisotopic (exact) mass is 399 g/mol. The highest BCUT2D eigenvalue weighted by Gasteiger charge is 2.43. The number of hydrogen-bond donors (Lipinski definition) is 2. The minimum Gasteiger partial charge on any atom is -0.388 e. The molecule has 0 amide bonds. The molecule has 2 aromatic carbocycles. The zero-order valence-electron chi connectivity index (χ0n) is 16.1. The molecule has 0 spiro atoms. The molecule has 0 saturated carbocycles. The van der Waals surface area contributed by atoms with Crippen LogP contribution in [0, 0.1) is 12.7 Å². The molecule has 0 unspecified atom stereocenters. The summed E-state index contributed by atoms with van der Waals surface area (Å²) in [6.45, 7) is 2.32. The van der Waals surface area contributed by atoms with Gasteiger partial charge in [-0.05, 0) is 42.7 Å². The lowest BCUT2D eigenvalue weighted by atomic mass is 9.91. The van der Waals surface area contributed by atoms with Gasteiger partial charge in [0.25, 0.3) is 0 Å². The molecule has 0 saturated heterocycles. The van der Waals surface area contributed by atoms with E-state index in [4.69, 9.17) is 9.26 Å². The van der Waals surface area contributed by atoms with E-state index in [9.17, 15) is 19.4 Å². The molecule has 2 atom stereocenters. The van der Waals surface area contributed by atoms with Gasteiger partial charge in [0.15, 0.2) is 11.4 Å². The third-order valence-electron chi connectivity index (χ3n) is 4.82. The average Bonchev–Trinajstić information content (AvgIpc) is 3.18. The highest BCUT2D eigenvalue weighted by molar-refractivity contribution is 5.88. The van der Waals surface area contributed by atoms with Gasteiger partial charge in [0.05, 0.1) is 6.61 Å². The van der Waals surface area contributed by atoms with Crippen molar-refractivity contribution in [2.75, 3.05) is 6.61 Å². The first-order chi connectivity index (χ1) is 13.8. The lowest BCUT2D eigenvalue weighted by Gasteiger charge is -2.31. The Bertz CT molecular complexity index is 968. The number of aliphatic hydroxyl groups excluding tert-OH is 2. The van der Waals surface area contributed by atoms with Crippen molar-refractivity contribution in [1.29, 1.82) is 0 Å². The summed E-state index contributed by atoms with van der Waals surface area (Å²) in [4.78, 5) is 12.3. The van der Waals surface area contributed by atoms with Crippen LogP contribution in [-0.4, -0.2) is 33.4 Å². The fraction of sp³-hybridized carbons (Fsp3) is 0.273. The Morgan fingerprint density at radius 3 is 2.28 bits per heavy atom. The van der Waals surface area contributed by atoms with Crippen molar-refractivity contribution < 1.29 is 28.7 Å². The van der Waals surface area contributed by atoms with Crippen LogP contribution >= 0.6 is 0 Å². The number of aryl methyl sites for hydroxylation is 1. The SMILES string of the molecule is Cc1cc([C@H](O)[C@](C)(OCc2ccc(-c3ccc(F)cc3)cc2)C(=O)CO)no1. The highest BCUT2D eigenvalue weighted by atomic mass is 19.1. The van der Waals surface area contributed by atoms with Gasteiger partial charge in [-0.1, -0.05) is 41.6 Å². The molecule has 0 fully saturated rings. The summed E-state index contributed by atoms with van der Waals surface area (Å²) >= 11 is 0. The maximum Gasteiger partial charge on any atom is 0.192 e. The number of rotatable bonds is 8. The third kappa shape index (κ3) is 4.59. The summed E-state index contributed by atoms with van der Waals surface area (Å²) in [5.74, 6) is -0.490. The van der Waals surface area contributed by atoms with Crippen LogP contribution in [0.3, 0.4) is 0 Å². The van der Waals surface area contributed by atoms with Crippen molar-refractivity contribution in [3.8, 4) is 11.1 Å². The lowest BCUT2D eigenvalue weighted by molar-refractivity contribution is -0.166. The fourth-order valence-electron chi connectivity index (χ4n) is 2.93. The molecule has 0 aliphatic rings. The predicted molar refractivity (Wildman–Crippen MR) is 103 cm³/mol. The van der Waals surface area contributed by atoms with Crippen LogP contribution < -0.4 is 0 Å². The Morgan fingerprint density at radius 1 is 1.17 bits per heavy atom. The largest absolute Gasteiger partial charge is 0.388 e. The first-order valence-electron chi connectivity index (χ1n) is 9.08. The van der Waals surface area contributed by atoms with Gasteiger partial charge in [0.1, 0.15) is 30.0 Å². The van der Waals surface area contributed by atoms with E-state index >= 15 is 0 Å². The van der Waals surface area contributed by atoms with Gasteiger partial charge < -0.3 is 19.5 Å². The van der Waals surface area contributed by atoms with E-state index in [-0.39, 0.29) is 18.1 Å². The number of carbonyl (C=O) groups is 1. The van der Waals surface area contributed by atoms with Crippen LogP contribution in [0.15, 0.2) is 59.1 Å². The van der Waals surface area contributed by atoms with Crippen molar-refractivity contribution >= 4 is 5.78 Å².